The molecule has 6 atom stereocenters. The van der Waals surface area contributed by atoms with Gasteiger partial charge in [-0.15, -0.1) is 13.2 Å². The summed E-state index contributed by atoms with van der Waals surface area (Å²) in [6, 6.07) is 17.9. The maximum atomic E-state index is 14.6. The van der Waals surface area contributed by atoms with Gasteiger partial charge in [0.05, 0.1) is 24.5 Å². The lowest BCUT2D eigenvalue weighted by atomic mass is 9.70. The van der Waals surface area contributed by atoms with Gasteiger partial charge in [0.25, 0.3) is 0 Å². The van der Waals surface area contributed by atoms with Gasteiger partial charge in [-0.1, -0.05) is 72.8 Å². The number of carbonyl (C=O) groups excluding carboxylic acids is 4. The summed E-state index contributed by atoms with van der Waals surface area (Å²) in [5.41, 5.74) is 0.490. The number of esters is 1. The van der Waals surface area contributed by atoms with E-state index in [2.05, 4.69) is 18.5 Å². The Hall–Kier alpha value is -4.28. The Balaban J connectivity index is 1.42. The van der Waals surface area contributed by atoms with Crippen LogP contribution in [0.15, 0.2) is 86.0 Å². The fraction of sp³-hybridized carbons (Fsp3) is 0.474. The smallest absolute Gasteiger partial charge is 0.313 e. The molecule has 3 saturated heterocycles. The molecule has 0 unspecified atom stereocenters. The SMILES string of the molecule is C=CCCC(=O)NC[C@H](OC(=O)[C@@H]1[C@@H]2CC[C@]3(O2)[C@H](C(=O)N(CC=C)Cc2ccccc2)N(CCCCCO)C(=O)[C@@H]13)c1ccccc1. The number of ether oxygens (including phenoxy) is 2. The predicted molar refractivity (Wildman–Crippen MR) is 180 cm³/mol. The van der Waals surface area contributed by atoms with Gasteiger partial charge >= 0.3 is 5.97 Å². The third-order valence-electron chi connectivity index (χ3n) is 9.73. The van der Waals surface area contributed by atoms with E-state index < -0.39 is 41.7 Å². The predicted octanol–water partition coefficient (Wildman–Crippen LogP) is 4.11. The van der Waals surface area contributed by atoms with Crippen LogP contribution in [0.2, 0.25) is 0 Å². The van der Waals surface area contributed by atoms with Gasteiger partial charge in [0.1, 0.15) is 17.7 Å². The van der Waals surface area contributed by atoms with Crippen molar-refractivity contribution < 1.29 is 33.8 Å². The van der Waals surface area contributed by atoms with Crippen molar-refractivity contribution in [1.29, 1.82) is 0 Å². The van der Waals surface area contributed by atoms with Gasteiger partial charge in [0.15, 0.2) is 0 Å². The third kappa shape index (κ3) is 7.39. The highest BCUT2D eigenvalue weighted by Gasteiger charge is 2.75. The molecule has 0 saturated carbocycles. The molecule has 48 heavy (non-hydrogen) atoms. The van der Waals surface area contributed by atoms with Crippen LogP contribution < -0.4 is 5.32 Å². The van der Waals surface area contributed by atoms with Crippen molar-refractivity contribution >= 4 is 23.7 Å². The molecule has 3 amide bonds. The molecular formula is C38H47N3O7. The number of aliphatic hydroxyl groups excluding tert-OH is 1. The van der Waals surface area contributed by atoms with Crippen molar-refractivity contribution in [2.75, 3.05) is 26.2 Å². The highest BCUT2D eigenvalue weighted by atomic mass is 16.6. The second kappa shape index (κ2) is 16.2. The number of allylic oxidation sites excluding steroid dienone is 1. The van der Waals surface area contributed by atoms with Crippen LogP contribution in [0.3, 0.4) is 0 Å². The average Bonchev–Trinajstić information content (AvgIpc) is 3.75. The van der Waals surface area contributed by atoms with E-state index in [1.54, 1.807) is 22.0 Å². The van der Waals surface area contributed by atoms with Crippen LogP contribution in [0.4, 0.5) is 0 Å². The number of rotatable bonds is 18. The summed E-state index contributed by atoms with van der Waals surface area (Å²) in [6.07, 6.45) is 5.65. The van der Waals surface area contributed by atoms with Gasteiger partial charge < -0.3 is 29.7 Å². The van der Waals surface area contributed by atoms with Crippen molar-refractivity contribution in [3.05, 3.63) is 97.1 Å². The first-order valence-electron chi connectivity index (χ1n) is 17.0. The van der Waals surface area contributed by atoms with Gasteiger partial charge in [-0.2, -0.15) is 0 Å². The second-order valence-corrected chi connectivity index (χ2v) is 12.8. The van der Waals surface area contributed by atoms with Crippen LogP contribution in [0, 0.1) is 11.8 Å². The first-order chi connectivity index (χ1) is 23.3. The number of nitrogens with one attached hydrogen (secondary N) is 1. The Morgan fingerprint density at radius 1 is 1.06 bits per heavy atom. The molecule has 256 valence electrons. The monoisotopic (exact) mass is 657 g/mol. The van der Waals surface area contributed by atoms with E-state index in [0.717, 1.165) is 5.56 Å². The number of unbranched alkanes of at least 4 members (excludes halogenated alkanes) is 2. The molecular weight excluding hydrogens is 610 g/mol. The van der Waals surface area contributed by atoms with Gasteiger partial charge in [0.2, 0.25) is 17.7 Å². The fourth-order valence-electron chi connectivity index (χ4n) is 7.52. The Labute approximate surface area is 282 Å². The molecule has 10 heteroatoms. The van der Waals surface area contributed by atoms with Crippen LogP contribution in [-0.4, -0.2) is 82.6 Å². The Kier molecular flexibility index (Phi) is 11.8. The number of benzene rings is 2. The zero-order chi connectivity index (χ0) is 34.1. The number of nitrogens with zero attached hydrogens (tertiary/aromatic N) is 2. The minimum absolute atomic E-state index is 0.0447. The first kappa shape index (κ1) is 35.0. The third-order valence-corrected chi connectivity index (χ3v) is 9.73. The largest absolute Gasteiger partial charge is 0.455 e. The van der Waals surface area contributed by atoms with Crippen LogP contribution >= 0.6 is 0 Å². The minimum Gasteiger partial charge on any atom is -0.455 e. The van der Waals surface area contributed by atoms with E-state index in [9.17, 15) is 24.3 Å². The number of carbonyl (C=O) groups is 4. The van der Waals surface area contributed by atoms with E-state index in [4.69, 9.17) is 9.47 Å². The van der Waals surface area contributed by atoms with Crippen LogP contribution in [0.1, 0.15) is 62.2 Å². The number of aliphatic hydroxyl groups is 1. The molecule has 2 aromatic carbocycles. The highest BCUT2D eigenvalue weighted by molar-refractivity contribution is 5.98. The second-order valence-electron chi connectivity index (χ2n) is 12.8. The lowest BCUT2D eigenvalue weighted by molar-refractivity contribution is -0.160. The van der Waals surface area contributed by atoms with Gasteiger partial charge in [-0.3, -0.25) is 19.2 Å². The van der Waals surface area contributed by atoms with E-state index in [-0.39, 0.29) is 43.8 Å². The summed E-state index contributed by atoms with van der Waals surface area (Å²) in [5.74, 6) is -3.05. The van der Waals surface area contributed by atoms with Crippen LogP contribution in [0.5, 0.6) is 0 Å². The molecule has 3 aliphatic rings. The minimum atomic E-state index is -1.17. The average molecular weight is 658 g/mol. The Morgan fingerprint density at radius 2 is 1.79 bits per heavy atom. The molecule has 3 fully saturated rings. The molecule has 2 aromatic rings. The number of hydrogen-bond donors (Lipinski definition) is 2. The molecule has 1 spiro atoms. The maximum Gasteiger partial charge on any atom is 0.313 e. The van der Waals surface area contributed by atoms with Gasteiger partial charge in [-0.25, -0.2) is 0 Å². The number of fused-ring (bicyclic) bond motifs is 1. The molecule has 0 aromatic heterocycles. The zero-order valence-corrected chi connectivity index (χ0v) is 27.5. The van der Waals surface area contributed by atoms with E-state index in [0.29, 0.717) is 57.2 Å². The first-order valence-corrected chi connectivity index (χ1v) is 17.0. The summed E-state index contributed by atoms with van der Waals surface area (Å²) in [6.45, 7) is 8.58. The van der Waals surface area contributed by atoms with Crippen molar-refractivity contribution in [3.63, 3.8) is 0 Å². The Bertz CT molecular complexity index is 1450. The summed E-state index contributed by atoms with van der Waals surface area (Å²) in [5, 5.41) is 12.2. The lowest BCUT2D eigenvalue weighted by Crippen LogP contribution is -2.56. The van der Waals surface area contributed by atoms with Crippen molar-refractivity contribution in [1.82, 2.24) is 15.1 Å². The molecule has 2 N–H and O–H groups in total. The van der Waals surface area contributed by atoms with Crippen LogP contribution in [-0.2, 0) is 35.2 Å². The lowest BCUT2D eigenvalue weighted by Gasteiger charge is -2.37. The summed E-state index contributed by atoms with van der Waals surface area (Å²) in [7, 11) is 0. The number of amides is 3. The van der Waals surface area contributed by atoms with Gasteiger partial charge in [0, 0.05) is 32.7 Å². The summed E-state index contributed by atoms with van der Waals surface area (Å²) >= 11 is 0. The van der Waals surface area contributed by atoms with E-state index in [1.807, 2.05) is 60.7 Å². The molecule has 3 heterocycles. The highest BCUT2D eigenvalue weighted by Crippen LogP contribution is 2.59. The summed E-state index contributed by atoms with van der Waals surface area (Å²) < 4.78 is 12.8. The molecule has 5 rings (SSSR count). The fourth-order valence-corrected chi connectivity index (χ4v) is 7.52. The number of hydrogen-bond acceptors (Lipinski definition) is 7. The Morgan fingerprint density at radius 3 is 2.48 bits per heavy atom. The zero-order valence-electron chi connectivity index (χ0n) is 27.5. The normalized spacial score (nSPS) is 24.5. The molecule has 0 radical (unpaired) electrons. The van der Waals surface area contributed by atoms with Gasteiger partial charge in [-0.05, 0) is 49.7 Å². The van der Waals surface area contributed by atoms with Crippen molar-refractivity contribution in [2.45, 2.75) is 75.3 Å². The van der Waals surface area contributed by atoms with Crippen molar-refractivity contribution in [3.8, 4) is 0 Å². The van der Waals surface area contributed by atoms with Crippen LogP contribution in [0.25, 0.3) is 0 Å². The molecule has 0 aliphatic carbocycles. The van der Waals surface area contributed by atoms with E-state index >= 15 is 0 Å². The topological polar surface area (TPSA) is 125 Å². The quantitative estimate of drug-likeness (QED) is 0.141. The van der Waals surface area contributed by atoms with Crippen molar-refractivity contribution in [2.24, 2.45) is 11.8 Å². The molecule has 3 aliphatic heterocycles. The van der Waals surface area contributed by atoms with E-state index in [1.165, 1.54) is 0 Å². The molecule has 10 nitrogen and oxygen atoms in total. The maximum absolute atomic E-state index is 14.6. The number of likely N-dealkylation sites (tertiary alicyclic amines) is 1. The summed E-state index contributed by atoms with van der Waals surface area (Å²) in [4.78, 5) is 58.9. The molecule has 2 bridgehead atoms. The standard InChI is InChI=1S/C38H47N3O7/c1-3-5-19-31(43)39-25-30(28-17-11-7-12-18-28)47-37(46)32-29-20-21-38(48-29)33(32)35(44)41(23-13-8-14-24-42)34(38)36(45)40(22-4-2)26-27-15-9-6-10-16-27/h3-4,6-7,9-12,15-18,29-30,32-34,42H,1-2,5,8,13-14,19-26H2,(H,39,43)/t29-,30-,32+,33+,34-,38+/m0/s1.